The highest BCUT2D eigenvalue weighted by atomic mass is 16.3. The van der Waals surface area contributed by atoms with Crippen molar-refractivity contribution in [3.63, 3.8) is 0 Å². The molecule has 0 radical (unpaired) electrons. The normalized spacial score (nSPS) is 19.7. The van der Waals surface area contributed by atoms with Crippen LogP contribution in [0.4, 0.5) is 0 Å². The molecule has 0 aromatic heterocycles. The van der Waals surface area contributed by atoms with E-state index in [9.17, 15) is 5.11 Å². The summed E-state index contributed by atoms with van der Waals surface area (Å²) < 4.78 is 0. The van der Waals surface area contributed by atoms with Crippen LogP contribution in [0.15, 0.2) is 0 Å². The highest BCUT2D eigenvalue weighted by Gasteiger charge is 2.26. The maximum absolute atomic E-state index is 10.1. The van der Waals surface area contributed by atoms with E-state index in [0.29, 0.717) is 6.04 Å². The van der Waals surface area contributed by atoms with Crippen LogP contribution >= 0.6 is 0 Å². The van der Waals surface area contributed by atoms with Crippen molar-refractivity contribution in [2.75, 3.05) is 6.54 Å². The van der Waals surface area contributed by atoms with Crippen LogP contribution in [0.2, 0.25) is 0 Å². The second-order valence-electron chi connectivity index (χ2n) is 4.89. The lowest BCUT2D eigenvalue weighted by Gasteiger charge is -2.27. The highest BCUT2D eigenvalue weighted by Crippen LogP contribution is 2.33. The van der Waals surface area contributed by atoms with Crippen molar-refractivity contribution in [1.29, 1.82) is 0 Å². The van der Waals surface area contributed by atoms with Gasteiger partial charge in [-0.3, -0.25) is 0 Å². The molecule has 1 saturated carbocycles. The van der Waals surface area contributed by atoms with Crippen molar-refractivity contribution in [1.82, 2.24) is 5.32 Å². The molecule has 1 atom stereocenters. The van der Waals surface area contributed by atoms with Crippen LogP contribution in [0, 0.1) is 5.92 Å². The Hall–Kier alpha value is -0.0800. The Morgan fingerprint density at radius 1 is 1.36 bits per heavy atom. The monoisotopic (exact) mass is 199 g/mol. The fourth-order valence-electron chi connectivity index (χ4n) is 1.80. The predicted octanol–water partition coefficient (Wildman–Crippen LogP) is 2.32. The van der Waals surface area contributed by atoms with E-state index in [1.165, 1.54) is 19.3 Å². The lowest BCUT2D eigenvalue weighted by molar-refractivity contribution is 0.0300. The average Bonchev–Trinajstić information content (AvgIpc) is 2.98. The van der Waals surface area contributed by atoms with Gasteiger partial charge in [0.05, 0.1) is 5.60 Å². The zero-order valence-electron chi connectivity index (χ0n) is 9.84. The fourth-order valence-corrected chi connectivity index (χ4v) is 1.80. The molecule has 0 aromatic rings. The first-order chi connectivity index (χ1) is 6.59. The Bertz CT molecular complexity index is 162. The topological polar surface area (TPSA) is 32.3 Å². The van der Waals surface area contributed by atoms with Gasteiger partial charge in [-0.05, 0) is 32.1 Å². The maximum Gasteiger partial charge on any atom is 0.0766 e. The summed E-state index contributed by atoms with van der Waals surface area (Å²) in [5.41, 5.74) is -0.488. The molecule has 1 fully saturated rings. The molecule has 0 bridgehead atoms. The Balaban J connectivity index is 2.16. The molecule has 0 aromatic carbocycles. The molecule has 84 valence electrons. The number of nitrogens with one attached hydrogen (secondary N) is 1. The van der Waals surface area contributed by atoms with Crippen LogP contribution in [-0.2, 0) is 0 Å². The number of aliphatic hydroxyl groups is 1. The molecule has 1 rings (SSSR count). The summed E-state index contributed by atoms with van der Waals surface area (Å²) in [6, 6.07) is 0.562. The van der Waals surface area contributed by atoms with Crippen molar-refractivity contribution in [2.45, 2.75) is 64.5 Å². The van der Waals surface area contributed by atoms with Crippen LogP contribution in [0.25, 0.3) is 0 Å². The summed E-state index contributed by atoms with van der Waals surface area (Å²) in [5, 5.41) is 13.5. The molecule has 2 N–H and O–H groups in total. The van der Waals surface area contributed by atoms with E-state index in [1.807, 2.05) is 0 Å². The van der Waals surface area contributed by atoms with Crippen LogP contribution in [0.1, 0.15) is 52.9 Å². The average molecular weight is 199 g/mol. The standard InChI is InChI=1S/C12H25NO/c1-4-12(14,5-2)9-13-10(3)8-11-6-7-11/h10-11,13-14H,4-9H2,1-3H3. The largest absolute Gasteiger partial charge is 0.389 e. The van der Waals surface area contributed by atoms with Gasteiger partial charge in [-0.15, -0.1) is 0 Å². The highest BCUT2D eigenvalue weighted by molar-refractivity contribution is 4.82. The molecule has 0 aliphatic heterocycles. The van der Waals surface area contributed by atoms with Crippen LogP contribution in [0.5, 0.6) is 0 Å². The Labute approximate surface area is 88.1 Å². The molecule has 1 aliphatic rings. The lowest BCUT2D eigenvalue weighted by Crippen LogP contribution is -2.43. The van der Waals surface area contributed by atoms with Crippen LogP contribution in [-0.4, -0.2) is 23.3 Å². The Morgan fingerprint density at radius 3 is 2.36 bits per heavy atom. The third kappa shape index (κ3) is 3.97. The molecule has 1 unspecified atom stereocenters. The lowest BCUT2D eigenvalue weighted by atomic mass is 9.97. The summed E-state index contributed by atoms with van der Waals surface area (Å²) in [4.78, 5) is 0. The molecule has 14 heavy (non-hydrogen) atoms. The van der Waals surface area contributed by atoms with Crippen molar-refractivity contribution in [2.24, 2.45) is 5.92 Å². The van der Waals surface area contributed by atoms with Gasteiger partial charge in [-0.1, -0.05) is 26.7 Å². The SMILES string of the molecule is CCC(O)(CC)CNC(C)CC1CC1. The van der Waals surface area contributed by atoms with Crippen LogP contribution in [0.3, 0.4) is 0 Å². The van der Waals surface area contributed by atoms with Crippen LogP contribution < -0.4 is 5.32 Å². The minimum Gasteiger partial charge on any atom is -0.389 e. The van der Waals surface area contributed by atoms with Gasteiger partial charge in [0, 0.05) is 12.6 Å². The van der Waals surface area contributed by atoms with Crippen molar-refractivity contribution < 1.29 is 5.11 Å². The molecule has 0 saturated heterocycles. The molecule has 2 heteroatoms. The molecule has 0 heterocycles. The van der Waals surface area contributed by atoms with E-state index in [2.05, 4.69) is 26.1 Å². The maximum atomic E-state index is 10.1. The van der Waals surface area contributed by atoms with Gasteiger partial charge in [0.2, 0.25) is 0 Å². The molecular weight excluding hydrogens is 174 g/mol. The number of hydrogen-bond acceptors (Lipinski definition) is 2. The number of hydrogen-bond donors (Lipinski definition) is 2. The minimum absolute atomic E-state index is 0.488. The van der Waals surface area contributed by atoms with E-state index < -0.39 is 5.60 Å². The molecule has 1 aliphatic carbocycles. The van der Waals surface area contributed by atoms with E-state index in [4.69, 9.17) is 0 Å². The summed E-state index contributed by atoms with van der Waals surface area (Å²) in [5.74, 6) is 0.967. The molecule has 0 spiro atoms. The third-order valence-corrected chi connectivity index (χ3v) is 3.48. The predicted molar refractivity (Wildman–Crippen MR) is 60.3 cm³/mol. The summed E-state index contributed by atoms with van der Waals surface area (Å²) in [6.07, 6.45) is 5.79. The first kappa shape index (κ1) is 12.0. The van der Waals surface area contributed by atoms with E-state index >= 15 is 0 Å². The second-order valence-corrected chi connectivity index (χ2v) is 4.89. The van der Waals surface area contributed by atoms with Gasteiger partial charge < -0.3 is 10.4 Å². The Kier molecular flexibility index (Phi) is 4.39. The van der Waals surface area contributed by atoms with Gasteiger partial charge in [0.1, 0.15) is 0 Å². The number of rotatable bonds is 7. The summed E-state index contributed by atoms with van der Waals surface area (Å²) in [7, 11) is 0. The van der Waals surface area contributed by atoms with Gasteiger partial charge in [0.15, 0.2) is 0 Å². The van der Waals surface area contributed by atoms with Gasteiger partial charge >= 0.3 is 0 Å². The second kappa shape index (κ2) is 5.13. The Morgan fingerprint density at radius 2 is 1.93 bits per heavy atom. The zero-order chi connectivity index (χ0) is 10.6. The quantitative estimate of drug-likeness (QED) is 0.659. The van der Waals surface area contributed by atoms with Gasteiger partial charge in [-0.2, -0.15) is 0 Å². The zero-order valence-corrected chi connectivity index (χ0v) is 9.84. The van der Waals surface area contributed by atoms with Crippen molar-refractivity contribution in [3.8, 4) is 0 Å². The molecule has 0 amide bonds. The van der Waals surface area contributed by atoms with Crippen molar-refractivity contribution >= 4 is 0 Å². The van der Waals surface area contributed by atoms with E-state index in [1.54, 1.807) is 0 Å². The van der Waals surface area contributed by atoms with Gasteiger partial charge in [0.25, 0.3) is 0 Å². The van der Waals surface area contributed by atoms with E-state index in [0.717, 1.165) is 25.3 Å². The third-order valence-electron chi connectivity index (χ3n) is 3.48. The minimum atomic E-state index is -0.488. The van der Waals surface area contributed by atoms with Crippen molar-refractivity contribution in [3.05, 3.63) is 0 Å². The summed E-state index contributed by atoms with van der Waals surface area (Å²) in [6.45, 7) is 7.07. The molecule has 2 nitrogen and oxygen atoms in total. The summed E-state index contributed by atoms with van der Waals surface area (Å²) >= 11 is 0. The van der Waals surface area contributed by atoms with E-state index in [-0.39, 0.29) is 0 Å². The van der Waals surface area contributed by atoms with Gasteiger partial charge in [-0.25, -0.2) is 0 Å². The fraction of sp³-hybridized carbons (Fsp3) is 1.00. The first-order valence-corrected chi connectivity index (χ1v) is 6.05. The first-order valence-electron chi connectivity index (χ1n) is 6.05. The molecular formula is C12H25NO. The smallest absolute Gasteiger partial charge is 0.0766 e.